The lowest BCUT2D eigenvalue weighted by Gasteiger charge is -2.09. The summed E-state index contributed by atoms with van der Waals surface area (Å²) in [5.41, 5.74) is 1.28. The van der Waals surface area contributed by atoms with Gasteiger partial charge in [-0.2, -0.15) is 5.10 Å². The molecule has 0 aliphatic rings. The minimum atomic E-state index is -0.217. The number of nitrogens with one attached hydrogen (secondary N) is 1. The highest BCUT2D eigenvalue weighted by Gasteiger charge is 2.13. The molecule has 1 rings (SSSR count). The topological polar surface area (TPSA) is 56.1 Å². The van der Waals surface area contributed by atoms with Crippen LogP contribution in [0.2, 0.25) is 0 Å². The molecule has 1 N–H and O–H groups in total. The quantitative estimate of drug-likeness (QED) is 0.778. The fourth-order valence-corrected chi connectivity index (χ4v) is 1.56. The predicted octanol–water partition coefficient (Wildman–Crippen LogP) is 0.712. The van der Waals surface area contributed by atoms with E-state index in [1.807, 2.05) is 0 Å². The number of carbonyl (C=O) groups is 1. The highest BCUT2D eigenvalue weighted by atomic mass is 35.5. The minimum absolute atomic E-state index is 0.160. The number of alkyl halides is 1. The van der Waals surface area contributed by atoms with Crippen LogP contribution in [0.15, 0.2) is 6.20 Å². The van der Waals surface area contributed by atoms with Crippen molar-refractivity contribution in [3.8, 4) is 0 Å². The van der Waals surface area contributed by atoms with Crippen LogP contribution in [-0.4, -0.2) is 41.3 Å². The molecular weight excluding hydrogens is 230 g/mol. The van der Waals surface area contributed by atoms with Crippen molar-refractivity contribution in [2.24, 2.45) is 7.05 Å². The first-order valence-electron chi connectivity index (χ1n) is 4.96. The average molecular weight is 246 g/mol. The van der Waals surface area contributed by atoms with Gasteiger partial charge in [0.05, 0.1) is 23.2 Å². The molecule has 0 fully saturated rings. The number of aromatic nitrogens is 2. The van der Waals surface area contributed by atoms with Crippen molar-refractivity contribution in [1.82, 2.24) is 15.1 Å². The monoisotopic (exact) mass is 245 g/mol. The fraction of sp³-hybridized carbons (Fsp3) is 0.600. The Morgan fingerprint density at radius 2 is 2.44 bits per heavy atom. The van der Waals surface area contributed by atoms with E-state index in [9.17, 15) is 4.79 Å². The van der Waals surface area contributed by atoms with Gasteiger partial charge in [0.1, 0.15) is 0 Å². The number of ether oxygens (including phenoxy) is 1. The molecule has 16 heavy (non-hydrogen) atoms. The van der Waals surface area contributed by atoms with E-state index in [1.165, 1.54) is 0 Å². The van der Waals surface area contributed by atoms with Crippen LogP contribution in [0.25, 0.3) is 0 Å². The summed E-state index contributed by atoms with van der Waals surface area (Å²) in [5.74, 6) is -0.160. The van der Waals surface area contributed by atoms with Crippen molar-refractivity contribution < 1.29 is 9.53 Å². The number of nitrogens with zero attached hydrogens (tertiary/aromatic N) is 2. The molecule has 0 aliphatic carbocycles. The van der Waals surface area contributed by atoms with Crippen LogP contribution in [-0.2, 0) is 11.8 Å². The Morgan fingerprint density at radius 3 is 2.94 bits per heavy atom. The molecule has 1 aromatic heterocycles. The van der Waals surface area contributed by atoms with Gasteiger partial charge in [0, 0.05) is 26.9 Å². The molecule has 0 spiro atoms. The second-order valence-electron chi connectivity index (χ2n) is 3.56. The molecule has 1 atom stereocenters. The van der Waals surface area contributed by atoms with Gasteiger partial charge < -0.3 is 10.1 Å². The van der Waals surface area contributed by atoms with E-state index in [0.717, 1.165) is 0 Å². The second kappa shape index (κ2) is 5.86. The molecule has 1 heterocycles. The number of hydrogen-bond donors (Lipinski definition) is 1. The first-order valence-corrected chi connectivity index (χ1v) is 5.39. The number of amides is 1. The van der Waals surface area contributed by atoms with Gasteiger partial charge in [-0.1, -0.05) is 0 Å². The molecule has 1 amide bonds. The van der Waals surface area contributed by atoms with Gasteiger partial charge in [-0.15, -0.1) is 11.6 Å². The van der Waals surface area contributed by atoms with Gasteiger partial charge in [-0.05, 0) is 6.92 Å². The third kappa shape index (κ3) is 3.50. The number of rotatable bonds is 5. The van der Waals surface area contributed by atoms with Gasteiger partial charge in [0.25, 0.3) is 5.91 Å². The summed E-state index contributed by atoms with van der Waals surface area (Å²) in [6.45, 7) is 2.58. The summed E-state index contributed by atoms with van der Waals surface area (Å²) in [6.07, 6.45) is 1.68. The van der Waals surface area contributed by atoms with Crippen LogP contribution < -0.4 is 5.32 Å². The molecule has 0 saturated carbocycles. The third-order valence-electron chi connectivity index (χ3n) is 2.09. The lowest BCUT2D eigenvalue weighted by atomic mass is 10.2. The van der Waals surface area contributed by atoms with E-state index in [0.29, 0.717) is 24.4 Å². The number of hydrogen-bond acceptors (Lipinski definition) is 3. The summed E-state index contributed by atoms with van der Waals surface area (Å²) in [5, 5.41) is 6.61. The van der Waals surface area contributed by atoms with Crippen molar-refractivity contribution >= 4 is 17.5 Å². The Labute approximate surface area is 99.7 Å². The van der Waals surface area contributed by atoms with Gasteiger partial charge >= 0.3 is 0 Å². The molecule has 0 bridgehead atoms. The SMILES string of the molecule is COCC(Cl)CNC(=O)c1cn(C)nc1C. The lowest BCUT2D eigenvalue weighted by molar-refractivity contribution is 0.0948. The molecule has 6 heteroatoms. The average Bonchev–Trinajstić information content (AvgIpc) is 2.55. The van der Waals surface area contributed by atoms with Crippen LogP contribution in [0.4, 0.5) is 0 Å². The van der Waals surface area contributed by atoms with Crippen molar-refractivity contribution in [3.05, 3.63) is 17.5 Å². The molecule has 90 valence electrons. The summed E-state index contributed by atoms with van der Waals surface area (Å²) in [6, 6.07) is 0. The number of methoxy groups -OCH3 is 1. The Hall–Kier alpha value is -1.07. The fourth-order valence-electron chi connectivity index (χ4n) is 1.36. The van der Waals surface area contributed by atoms with Gasteiger partial charge in [0.2, 0.25) is 0 Å². The van der Waals surface area contributed by atoms with Crippen molar-refractivity contribution in [2.45, 2.75) is 12.3 Å². The molecule has 0 aliphatic heterocycles. The molecule has 0 saturated heterocycles. The molecule has 5 nitrogen and oxygen atoms in total. The Morgan fingerprint density at radius 1 is 1.75 bits per heavy atom. The summed E-state index contributed by atoms with van der Waals surface area (Å²) in [4.78, 5) is 11.7. The Bertz CT molecular complexity index is 365. The van der Waals surface area contributed by atoms with E-state index in [4.69, 9.17) is 16.3 Å². The highest BCUT2D eigenvalue weighted by Crippen LogP contribution is 2.04. The van der Waals surface area contributed by atoms with Crippen molar-refractivity contribution in [1.29, 1.82) is 0 Å². The van der Waals surface area contributed by atoms with Crippen LogP contribution in [0.3, 0.4) is 0 Å². The zero-order valence-electron chi connectivity index (χ0n) is 9.66. The van der Waals surface area contributed by atoms with E-state index in [2.05, 4.69) is 10.4 Å². The van der Waals surface area contributed by atoms with Crippen LogP contribution >= 0.6 is 11.6 Å². The number of halogens is 1. The van der Waals surface area contributed by atoms with Gasteiger partial charge in [-0.25, -0.2) is 0 Å². The van der Waals surface area contributed by atoms with Crippen LogP contribution in [0.5, 0.6) is 0 Å². The second-order valence-corrected chi connectivity index (χ2v) is 4.18. The highest BCUT2D eigenvalue weighted by molar-refractivity contribution is 6.21. The smallest absolute Gasteiger partial charge is 0.254 e. The third-order valence-corrected chi connectivity index (χ3v) is 2.37. The van der Waals surface area contributed by atoms with Gasteiger partial charge in [-0.3, -0.25) is 9.48 Å². The molecule has 1 aromatic rings. The van der Waals surface area contributed by atoms with Crippen molar-refractivity contribution in [3.63, 3.8) is 0 Å². The summed E-state index contributed by atoms with van der Waals surface area (Å²) < 4.78 is 6.48. The first kappa shape index (κ1) is 13.0. The molecule has 0 aromatic carbocycles. The van der Waals surface area contributed by atoms with Crippen LogP contribution in [0, 0.1) is 6.92 Å². The maximum absolute atomic E-state index is 11.7. The summed E-state index contributed by atoms with van der Waals surface area (Å²) in [7, 11) is 3.35. The standard InChI is InChI=1S/C10H16ClN3O2/c1-7-9(5-14(2)13-7)10(15)12-4-8(11)6-16-3/h5,8H,4,6H2,1-3H3,(H,12,15). The predicted molar refractivity (Wildman–Crippen MR) is 61.8 cm³/mol. The zero-order chi connectivity index (χ0) is 12.1. The van der Waals surface area contributed by atoms with Gasteiger partial charge in [0.15, 0.2) is 0 Å². The van der Waals surface area contributed by atoms with E-state index in [1.54, 1.807) is 32.0 Å². The molecular formula is C10H16ClN3O2. The first-order chi connectivity index (χ1) is 7.54. The van der Waals surface area contributed by atoms with Crippen molar-refractivity contribution in [2.75, 3.05) is 20.3 Å². The van der Waals surface area contributed by atoms with Crippen LogP contribution in [0.1, 0.15) is 16.1 Å². The Kier molecular flexibility index (Phi) is 4.76. The summed E-state index contributed by atoms with van der Waals surface area (Å²) >= 11 is 5.90. The van der Waals surface area contributed by atoms with E-state index in [-0.39, 0.29) is 11.3 Å². The maximum Gasteiger partial charge on any atom is 0.254 e. The maximum atomic E-state index is 11.7. The zero-order valence-corrected chi connectivity index (χ0v) is 10.4. The minimum Gasteiger partial charge on any atom is -0.383 e. The number of aryl methyl sites for hydroxylation is 2. The Balaban J connectivity index is 2.50. The lowest BCUT2D eigenvalue weighted by Crippen LogP contribution is -2.31. The molecule has 0 radical (unpaired) electrons. The van der Waals surface area contributed by atoms with E-state index < -0.39 is 0 Å². The normalized spacial score (nSPS) is 12.5. The largest absolute Gasteiger partial charge is 0.383 e. The molecule has 1 unspecified atom stereocenters. The number of carbonyl (C=O) groups excluding carboxylic acids is 1. The van der Waals surface area contributed by atoms with E-state index >= 15 is 0 Å².